The molecule has 2 rings (SSSR count). The van der Waals surface area contributed by atoms with Crippen LogP contribution in [0.5, 0.6) is 0 Å². The molecular formula is C13H10N2O2. The van der Waals surface area contributed by atoms with Crippen LogP contribution in [0, 0.1) is 18.3 Å². The lowest BCUT2D eigenvalue weighted by atomic mass is 10.2. The van der Waals surface area contributed by atoms with Gasteiger partial charge in [-0.05, 0) is 19.1 Å². The van der Waals surface area contributed by atoms with Crippen LogP contribution in [0.25, 0.3) is 0 Å². The molecule has 0 aliphatic carbocycles. The highest BCUT2D eigenvalue weighted by molar-refractivity contribution is 6.28. The van der Waals surface area contributed by atoms with E-state index in [9.17, 15) is 9.59 Å². The second-order valence-corrected chi connectivity index (χ2v) is 3.85. The first-order valence-electron chi connectivity index (χ1n) is 5.16. The molecule has 0 atom stereocenters. The molecule has 0 spiro atoms. The molecule has 17 heavy (non-hydrogen) atoms. The van der Waals surface area contributed by atoms with Crippen LogP contribution in [0.4, 0.5) is 5.69 Å². The van der Waals surface area contributed by atoms with Gasteiger partial charge in [0.05, 0.1) is 18.2 Å². The lowest BCUT2D eigenvalue weighted by Gasteiger charge is -2.13. The molecule has 0 saturated carbocycles. The average molecular weight is 226 g/mol. The summed E-state index contributed by atoms with van der Waals surface area (Å²) in [5.41, 5.74) is 1.85. The number of imide groups is 1. The molecule has 4 nitrogen and oxygen atoms in total. The number of nitriles is 1. The smallest absolute Gasteiger partial charge is 0.262 e. The van der Waals surface area contributed by atoms with E-state index >= 15 is 0 Å². The Morgan fingerprint density at radius 1 is 1.29 bits per heavy atom. The Balaban J connectivity index is 2.38. The first-order valence-corrected chi connectivity index (χ1v) is 5.16. The zero-order valence-corrected chi connectivity index (χ0v) is 9.30. The van der Waals surface area contributed by atoms with Crippen LogP contribution in [-0.2, 0) is 9.59 Å². The molecule has 0 unspecified atom stereocenters. The van der Waals surface area contributed by atoms with Gasteiger partial charge >= 0.3 is 0 Å². The van der Waals surface area contributed by atoms with Crippen molar-refractivity contribution in [3.8, 4) is 6.07 Å². The van der Waals surface area contributed by atoms with E-state index in [0.29, 0.717) is 5.69 Å². The normalized spacial score (nSPS) is 17.6. The van der Waals surface area contributed by atoms with Crippen LogP contribution < -0.4 is 4.90 Å². The number of amides is 2. The molecule has 1 aliphatic rings. The van der Waals surface area contributed by atoms with Gasteiger partial charge in [0, 0.05) is 11.6 Å². The number of allylic oxidation sites excluding steroid dienone is 1. The number of aryl methyl sites for hydroxylation is 1. The van der Waals surface area contributed by atoms with Crippen LogP contribution in [0.15, 0.2) is 35.9 Å². The van der Waals surface area contributed by atoms with Crippen molar-refractivity contribution in [2.24, 2.45) is 0 Å². The molecule has 4 heteroatoms. The maximum absolute atomic E-state index is 11.9. The monoisotopic (exact) mass is 226 g/mol. The van der Waals surface area contributed by atoms with Gasteiger partial charge in [-0.3, -0.25) is 9.59 Å². The van der Waals surface area contributed by atoms with E-state index < -0.39 is 5.91 Å². The van der Waals surface area contributed by atoms with Crippen LogP contribution in [0.1, 0.15) is 12.0 Å². The Hall–Kier alpha value is -2.41. The summed E-state index contributed by atoms with van der Waals surface area (Å²) in [5, 5.41) is 8.52. The predicted molar refractivity (Wildman–Crippen MR) is 62.0 cm³/mol. The minimum absolute atomic E-state index is 0.000268. The van der Waals surface area contributed by atoms with Gasteiger partial charge in [-0.2, -0.15) is 5.26 Å². The Morgan fingerprint density at radius 2 is 1.94 bits per heavy atom. The van der Waals surface area contributed by atoms with Gasteiger partial charge in [-0.1, -0.05) is 17.7 Å². The molecule has 2 amide bonds. The number of rotatable bonds is 1. The molecule has 0 radical (unpaired) electrons. The number of nitrogens with zero attached hydrogens (tertiary/aromatic N) is 2. The predicted octanol–water partition coefficient (Wildman–Crippen LogP) is 1.71. The van der Waals surface area contributed by atoms with Crippen LogP contribution >= 0.6 is 0 Å². The molecule has 0 N–H and O–H groups in total. The first kappa shape index (κ1) is 11.1. The molecule has 0 bridgehead atoms. The zero-order chi connectivity index (χ0) is 12.4. The molecule has 1 saturated heterocycles. The van der Waals surface area contributed by atoms with Gasteiger partial charge in [0.25, 0.3) is 5.91 Å². The van der Waals surface area contributed by atoms with Crippen molar-refractivity contribution >= 4 is 17.5 Å². The summed E-state index contributed by atoms with van der Waals surface area (Å²) in [6.45, 7) is 1.93. The van der Waals surface area contributed by atoms with Crippen molar-refractivity contribution in [1.29, 1.82) is 5.26 Å². The first-order chi connectivity index (χ1) is 8.13. The quantitative estimate of drug-likeness (QED) is 0.416. The fourth-order valence-electron chi connectivity index (χ4n) is 1.72. The molecule has 1 aromatic rings. The highest BCUT2D eigenvalue weighted by Crippen LogP contribution is 2.25. The van der Waals surface area contributed by atoms with Crippen LogP contribution in [0.3, 0.4) is 0 Å². The fraction of sp³-hybridized carbons (Fsp3) is 0.154. The van der Waals surface area contributed by atoms with Crippen LogP contribution in [-0.4, -0.2) is 11.8 Å². The standard InChI is InChI=1S/C13H10N2O2/c1-9-2-4-11(5-3-9)15-12(16)8-10(6-7-14)13(15)17/h2-6H,8H2,1H3/b10-6+. The topological polar surface area (TPSA) is 61.2 Å². The second-order valence-electron chi connectivity index (χ2n) is 3.85. The zero-order valence-electron chi connectivity index (χ0n) is 9.30. The van der Waals surface area contributed by atoms with E-state index in [0.717, 1.165) is 16.5 Å². The van der Waals surface area contributed by atoms with E-state index in [1.54, 1.807) is 18.2 Å². The molecule has 1 heterocycles. The maximum atomic E-state index is 11.9. The van der Waals surface area contributed by atoms with Crippen molar-refractivity contribution in [2.45, 2.75) is 13.3 Å². The van der Waals surface area contributed by atoms with Crippen molar-refractivity contribution < 1.29 is 9.59 Å². The number of anilines is 1. The number of hydrogen-bond acceptors (Lipinski definition) is 3. The minimum Gasteiger partial charge on any atom is -0.274 e. The summed E-state index contributed by atoms with van der Waals surface area (Å²) < 4.78 is 0. The summed E-state index contributed by atoms with van der Waals surface area (Å²) in [6.07, 6.45) is 1.13. The van der Waals surface area contributed by atoms with Crippen LogP contribution in [0.2, 0.25) is 0 Å². The number of hydrogen-bond donors (Lipinski definition) is 0. The average Bonchev–Trinajstić information content (AvgIpc) is 2.57. The number of carbonyl (C=O) groups is 2. The van der Waals surface area contributed by atoms with E-state index in [1.165, 1.54) is 0 Å². The Morgan fingerprint density at radius 3 is 2.53 bits per heavy atom. The van der Waals surface area contributed by atoms with Gasteiger partial charge in [0.1, 0.15) is 0 Å². The molecular weight excluding hydrogens is 216 g/mol. The lowest BCUT2D eigenvalue weighted by molar-refractivity contribution is -0.120. The Bertz CT molecular complexity index is 550. The summed E-state index contributed by atoms with van der Waals surface area (Å²) in [4.78, 5) is 24.7. The molecule has 1 aliphatic heterocycles. The molecule has 1 fully saturated rings. The van der Waals surface area contributed by atoms with Crippen molar-refractivity contribution in [3.05, 3.63) is 41.5 Å². The van der Waals surface area contributed by atoms with E-state index in [1.807, 2.05) is 19.1 Å². The van der Waals surface area contributed by atoms with Crippen molar-refractivity contribution in [3.63, 3.8) is 0 Å². The molecule has 84 valence electrons. The van der Waals surface area contributed by atoms with Gasteiger partial charge in [0.2, 0.25) is 5.91 Å². The second kappa shape index (κ2) is 4.22. The SMILES string of the molecule is Cc1ccc(N2C(=O)C/C(=C\C#N)C2=O)cc1. The minimum atomic E-state index is -0.402. The third-order valence-electron chi connectivity index (χ3n) is 2.60. The van der Waals surface area contributed by atoms with Gasteiger partial charge < -0.3 is 0 Å². The van der Waals surface area contributed by atoms with E-state index in [4.69, 9.17) is 5.26 Å². The largest absolute Gasteiger partial charge is 0.274 e. The maximum Gasteiger partial charge on any atom is 0.262 e. The summed E-state index contributed by atoms with van der Waals surface area (Å²) in [6, 6.07) is 8.90. The molecule has 0 aromatic heterocycles. The summed E-state index contributed by atoms with van der Waals surface area (Å²) in [7, 11) is 0. The lowest BCUT2D eigenvalue weighted by Crippen LogP contribution is -2.28. The Labute approximate surface area is 98.8 Å². The van der Waals surface area contributed by atoms with Gasteiger partial charge in [0.15, 0.2) is 0 Å². The van der Waals surface area contributed by atoms with E-state index in [2.05, 4.69) is 0 Å². The van der Waals surface area contributed by atoms with Gasteiger partial charge in [-0.25, -0.2) is 4.90 Å². The van der Waals surface area contributed by atoms with Crippen molar-refractivity contribution in [2.75, 3.05) is 4.90 Å². The summed E-state index contributed by atoms with van der Waals surface area (Å²) >= 11 is 0. The van der Waals surface area contributed by atoms with Gasteiger partial charge in [-0.15, -0.1) is 0 Å². The fourth-order valence-corrected chi connectivity index (χ4v) is 1.72. The highest BCUT2D eigenvalue weighted by Gasteiger charge is 2.34. The van der Waals surface area contributed by atoms with Crippen molar-refractivity contribution in [1.82, 2.24) is 0 Å². The summed E-state index contributed by atoms with van der Waals surface area (Å²) in [5.74, 6) is -0.694. The highest BCUT2D eigenvalue weighted by atomic mass is 16.2. The third-order valence-corrected chi connectivity index (χ3v) is 2.60. The third kappa shape index (κ3) is 1.95. The number of benzene rings is 1. The molecule has 1 aromatic carbocycles. The number of carbonyl (C=O) groups excluding carboxylic acids is 2. The van der Waals surface area contributed by atoms with E-state index in [-0.39, 0.29) is 17.9 Å². The Kier molecular flexibility index (Phi) is 2.75.